The van der Waals surface area contributed by atoms with Gasteiger partial charge in [-0.1, -0.05) is 25.6 Å². The summed E-state index contributed by atoms with van der Waals surface area (Å²) in [7, 11) is 0. The first-order valence-corrected chi connectivity index (χ1v) is 8.11. The lowest BCUT2D eigenvalue weighted by atomic mass is 10.2. The first kappa shape index (κ1) is 17.8. The van der Waals surface area contributed by atoms with E-state index in [1.165, 1.54) is 11.8 Å². The summed E-state index contributed by atoms with van der Waals surface area (Å²) in [6, 6.07) is -0.383. The Kier molecular flexibility index (Phi) is 6.51. The molecule has 7 heteroatoms. The Balaban J connectivity index is 2.46. The molecule has 0 aliphatic heterocycles. The average Bonchev–Trinajstić information content (AvgIpc) is 2.74. The zero-order chi connectivity index (χ0) is 16.0. The maximum atomic E-state index is 11.7. The van der Waals surface area contributed by atoms with Gasteiger partial charge in [-0.05, 0) is 40.0 Å². The normalized spacial score (nSPS) is 13.3. The van der Waals surface area contributed by atoms with Crippen LogP contribution >= 0.6 is 11.8 Å². The molecule has 0 aromatic carbocycles. The van der Waals surface area contributed by atoms with E-state index in [2.05, 4.69) is 29.4 Å². The minimum absolute atomic E-state index is 0.382. The first-order chi connectivity index (χ1) is 9.67. The lowest BCUT2D eigenvalue weighted by molar-refractivity contribution is 0.0500. The number of nitrogens with zero attached hydrogens (tertiary/aromatic N) is 2. The van der Waals surface area contributed by atoms with Crippen molar-refractivity contribution in [3.8, 4) is 0 Å². The van der Waals surface area contributed by atoms with Gasteiger partial charge in [0.15, 0.2) is 0 Å². The first-order valence-electron chi connectivity index (χ1n) is 7.13. The van der Waals surface area contributed by atoms with E-state index in [4.69, 9.17) is 9.15 Å². The van der Waals surface area contributed by atoms with E-state index in [9.17, 15) is 4.79 Å². The van der Waals surface area contributed by atoms with Crippen molar-refractivity contribution in [2.24, 2.45) is 5.92 Å². The molecule has 0 unspecified atom stereocenters. The van der Waals surface area contributed by atoms with Crippen molar-refractivity contribution in [1.82, 2.24) is 15.5 Å². The number of rotatable bonds is 6. The summed E-state index contributed by atoms with van der Waals surface area (Å²) in [4.78, 5) is 11.7. The zero-order valence-electron chi connectivity index (χ0n) is 13.6. The molecule has 120 valence electrons. The summed E-state index contributed by atoms with van der Waals surface area (Å²) in [5.41, 5.74) is -0.531. The lowest BCUT2D eigenvalue weighted by Gasteiger charge is -2.20. The average molecular weight is 315 g/mol. The Hall–Kier alpha value is -1.24. The number of carbonyl (C=O) groups excluding carboxylic acids is 1. The Labute approximate surface area is 130 Å². The highest BCUT2D eigenvalue weighted by Crippen LogP contribution is 2.21. The van der Waals surface area contributed by atoms with Gasteiger partial charge in [0, 0.05) is 5.75 Å². The van der Waals surface area contributed by atoms with Gasteiger partial charge in [0.1, 0.15) is 11.6 Å². The van der Waals surface area contributed by atoms with Crippen molar-refractivity contribution < 1.29 is 13.9 Å². The van der Waals surface area contributed by atoms with E-state index in [1.807, 2.05) is 20.8 Å². The van der Waals surface area contributed by atoms with E-state index in [-0.39, 0.29) is 6.04 Å². The number of nitrogens with one attached hydrogen (secondary N) is 1. The van der Waals surface area contributed by atoms with Crippen LogP contribution in [0.2, 0.25) is 0 Å². The van der Waals surface area contributed by atoms with Gasteiger partial charge in [0.05, 0.1) is 0 Å². The van der Waals surface area contributed by atoms with Crippen LogP contribution in [0.1, 0.15) is 59.9 Å². The van der Waals surface area contributed by atoms with Crippen LogP contribution in [-0.2, 0) is 4.74 Å². The third-order valence-corrected chi connectivity index (χ3v) is 3.30. The molecule has 0 spiro atoms. The summed E-state index contributed by atoms with van der Waals surface area (Å²) in [5.74, 6) is 1.97. The molecule has 0 aliphatic rings. The van der Waals surface area contributed by atoms with Gasteiger partial charge >= 0.3 is 6.09 Å². The van der Waals surface area contributed by atoms with Crippen molar-refractivity contribution in [1.29, 1.82) is 0 Å². The van der Waals surface area contributed by atoms with E-state index in [1.54, 1.807) is 6.92 Å². The third kappa shape index (κ3) is 7.36. The highest BCUT2D eigenvalue weighted by atomic mass is 32.2. The fraction of sp³-hybridized carbons (Fsp3) is 0.786. The van der Waals surface area contributed by atoms with Crippen molar-refractivity contribution >= 4 is 17.9 Å². The SMILES string of the molecule is CC(C)CCSc1nnc([C@@H](C)NC(=O)OC(C)(C)C)o1. The monoisotopic (exact) mass is 315 g/mol. The highest BCUT2D eigenvalue weighted by Gasteiger charge is 2.21. The smallest absolute Gasteiger partial charge is 0.408 e. The van der Waals surface area contributed by atoms with E-state index in [0.29, 0.717) is 17.0 Å². The summed E-state index contributed by atoms with van der Waals surface area (Å²) >= 11 is 1.53. The van der Waals surface area contributed by atoms with Crippen LogP contribution in [-0.4, -0.2) is 27.6 Å². The largest absolute Gasteiger partial charge is 0.444 e. The van der Waals surface area contributed by atoms with Gasteiger partial charge in [-0.2, -0.15) is 0 Å². The van der Waals surface area contributed by atoms with Crippen molar-refractivity contribution in [3.63, 3.8) is 0 Å². The number of aromatic nitrogens is 2. The van der Waals surface area contributed by atoms with Gasteiger partial charge in [-0.25, -0.2) is 4.79 Å². The van der Waals surface area contributed by atoms with Crippen LogP contribution in [0.25, 0.3) is 0 Å². The Bertz CT molecular complexity index is 455. The van der Waals surface area contributed by atoms with E-state index in [0.717, 1.165) is 12.2 Å². The molecule has 0 radical (unpaired) electrons. The van der Waals surface area contributed by atoms with Gasteiger partial charge in [-0.3, -0.25) is 0 Å². The minimum Gasteiger partial charge on any atom is -0.444 e. The van der Waals surface area contributed by atoms with Crippen LogP contribution in [0.3, 0.4) is 0 Å². The molecule has 0 saturated heterocycles. The Morgan fingerprint density at radius 3 is 2.57 bits per heavy atom. The molecule has 1 rings (SSSR count). The van der Waals surface area contributed by atoms with Crippen LogP contribution in [0.4, 0.5) is 4.79 Å². The molecule has 1 atom stereocenters. The molecule has 0 aliphatic carbocycles. The molecule has 1 heterocycles. The molecule has 0 fully saturated rings. The fourth-order valence-electron chi connectivity index (χ4n) is 1.38. The maximum absolute atomic E-state index is 11.7. The van der Waals surface area contributed by atoms with Crippen LogP contribution in [0.15, 0.2) is 9.64 Å². The fourth-order valence-corrected chi connectivity index (χ4v) is 2.39. The summed E-state index contributed by atoms with van der Waals surface area (Å²) in [5, 5.41) is 11.1. The number of alkyl carbamates (subject to hydrolysis) is 1. The number of thioether (sulfide) groups is 1. The second kappa shape index (κ2) is 7.68. The number of ether oxygens (including phenoxy) is 1. The maximum Gasteiger partial charge on any atom is 0.408 e. The molecule has 21 heavy (non-hydrogen) atoms. The second-order valence-electron chi connectivity index (χ2n) is 6.31. The predicted molar refractivity (Wildman–Crippen MR) is 82.3 cm³/mol. The highest BCUT2D eigenvalue weighted by molar-refractivity contribution is 7.99. The van der Waals surface area contributed by atoms with Crippen molar-refractivity contribution in [2.45, 2.75) is 64.8 Å². The van der Waals surface area contributed by atoms with Gasteiger partial charge < -0.3 is 14.5 Å². The molecule has 6 nitrogen and oxygen atoms in total. The summed E-state index contributed by atoms with van der Waals surface area (Å²) in [6.45, 7) is 11.6. The zero-order valence-corrected chi connectivity index (χ0v) is 14.4. The van der Waals surface area contributed by atoms with Gasteiger partial charge in [0.25, 0.3) is 5.22 Å². The molecule has 0 saturated carbocycles. The van der Waals surface area contributed by atoms with Crippen LogP contribution in [0.5, 0.6) is 0 Å². The quantitative estimate of drug-likeness (QED) is 0.805. The van der Waals surface area contributed by atoms with E-state index >= 15 is 0 Å². The molecular formula is C14H25N3O3S. The lowest BCUT2D eigenvalue weighted by Crippen LogP contribution is -2.34. The van der Waals surface area contributed by atoms with Gasteiger partial charge in [0.2, 0.25) is 5.89 Å². The van der Waals surface area contributed by atoms with E-state index < -0.39 is 11.7 Å². The molecule has 1 N–H and O–H groups in total. The Morgan fingerprint density at radius 2 is 2.00 bits per heavy atom. The number of carbonyl (C=O) groups is 1. The number of hydrogen-bond acceptors (Lipinski definition) is 6. The van der Waals surface area contributed by atoms with Crippen molar-refractivity contribution in [3.05, 3.63) is 5.89 Å². The minimum atomic E-state index is -0.531. The van der Waals surface area contributed by atoms with Crippen LogP contribution < -0.4 is 5.32 Å². The van der Waals surface area contributed by atoms with Gasteiger partial charge in [-0.15, -0.1) is 10.2 Å². The molecule has 1 aromatic heterocycles. The Morgan fingerprint density at radius 1 is 1.33 bits per heavy atom. The molecule has 1 amide bonds. The second-order valence-corrected chi connectivity index (χ2v) is 7.35. The van der Waals surface area contributed by atoms with Crippen LogP contribution in [0, 0.1) is 5.92 Å². The van der Waals surface area contributed by atoms with Crippen molar-refractivity contribution in [2.75, 3.05) is 5.75 Å². The topological polar surface area (TPSA) is 77.2 Å². The number of amides is 1. The molecular weight excluding hydrogens is 290 g/mol. The third-order valence-electron chi connectivity index (χ3n) is 2.45. The number of hydrogen-bond donors (Lipinski definition) is 1. The molecule has 0 bridgehead atoms. The summed E-state index contributed by atoms with van der Waals surface area (Å²) in [6.07, 6.45) is 0.593. The summed E-state index contributed by atoms with van der Waals surface area (Å²) < 4.78 is 10.7. The predicted octanol–water partition coefficient (Wildman–Crippen LogP) is 3.79. The standard InChI is InChI=1S/C14H25N3O3S/c1-9(2)7-8-21-13-17-16-11(19-13)10(3)15-12(18)20-14(4,5)6/h9-10H,7-8H2,1-6H3,(H,15,18)/t10-/m1/s1. The molecule has 1 aromatic rings.